The highest BCUT2D eigenvalue weighted by molar-refractivity contribution is 5.78. The summed E-state index contributed by atoms with van der Waals surface area (Å²) in [6, 6.07) is 15.3. The number of rotatable bonds is 15. The van der Waals surface area contributed by atoms with E-state index in [9.17, 15) is 9.90 Å². The van der Waals surface area contributed by atoms with Crippen LogP contribution in [0.3, 0.4) is 0 Å². The van der Waals surface area contributed by atoms with Gasteiger partial charge in [0.25, 0.3) is 0 Å². The zero-order valence-electron chi connectivity index (χ0n) is 20.1. The monoisotopic (exact) mass is 470 g/mol. The van der Waals surface area contributed by atoms with E-state index < -0.39 is 6.10 Å². The molecule has 0 radical (unpaired) electrons. The average molecular weight is 471 g/mol. The van der Waals surface area contributed by atoms with E-state index in [-0.39, 0.29) is 12.5 Å². The Hall–Kier alpha value is -2.61. The maximum Gasteiger partial charge on any atom is 0.224 e. The Bertz CT molecular complexity index is 852. The number of benzene rings is 2. The first-order valence-electron chi connectivity index (χ1n) is 12.3. The normalized spacial score (nSPS) is 14.6. The van der Waals surface area contributed by atoms with E-state index in [1.54, 1.807) is 0 Å². The number of aryl methyl sites for hydroxylation is 1. The third-order valence-electron chi connectivity index (χ3n) is 5.89. The number of ether oxygens (including phenoxy) is 3. The molecule has 34 heavy (non-hydrogen) atoms. The third-order valence-corrected chi connectivity index (χ3v) is 5.89. The lowest BCUT2D eigenvalue weighted by molar-refractivity contribution is -0.120. The van der Waals surface area contributed by atoms with Gasteiger partial charge in [0.2, 0.25) is 5.91 Å². The lowest BCUT2D eigenvalue weighted by Crippen LogP contribution is -2.37. The highest BCUT2D eigenvalue weighted by atomic mass is 16.5. The largest absolute Gasteiger partial charge is 0.491 e. The van der Waals surface area contributed by atoms with Gasteiger partial charge in [-0.15, -0.1) is 0 Å². The van der Waals surface area contributed by atoms with Crippen molar-refractivity contribution in [3.8, 4) is 11.5 Å². The maximum absolute atomic E-state index is 12.0. The first-order valence-corrected chi connectivity index (χ1v) is 12.3. The molecular weight excluding hydrogens is 432 g/mol. The van der Waals surface area contributed by atoms with Crippen molar-refractivity contribution in [1.29, 1.82) is 0 Å². The van der Waals surface area contributed by atoms with Gasteiger partial charge in [0.05, 0.1) is 19.1 Å². The van der Waals surface area contributed by atoms with Crippen LogP contribution in [0, 0.1) is 6.92 Å². The predicted molar refractivity (Wildman–Crippen MR) is 132 cm³/mol. The highest BCUT2D eigenvalue weighted by Crippen LogP contribution is 2.21. The van der Waals surface area contributed by atoms with Crippen LogP contribution in [0.2, 0.25) is 0 Å². The Balaban J connectivity index is 1.20. The van der Waals surface area contributed by atoms with Gasteiger partial charge in [-0.25, -0.2) is 0 Å². The summed E-state index contributed by atoms with van der Waals surface area (Å²) in [5.74, 6) is 1.44. The molecule has 186 valence electrons. The minimum absolute atomic E-state index is 0.00579. The molecule has 1 fully saturated rings. The zero-order chi connectivity index (χ0) is 24.0. The quantitative estimate of drug-likeness (QED) is 0.347. The third kappa shape index (κ3) is 9.71. The number of carbonyl (C=O) groups is 1. The number of aliphatic hydroxyl groups excluding tert-OH is 1. The molecule has 7 nitrogen and oxygen atoms in total. The average Bonchev–Trinajstić information content (AvgIpc) is 3.36. The summed E-state index contributed by atoms with van der Waals surface area (Å²) in [4.78, 5) is 12.0. The first-order chi connectivity index (χ1) is 16.6. The van der Waals surface area contributed by atoms with Crippen LogP contribution in [-0.4, -0.2) is 62.7 Å². The van der Waals surface area contributed by atoms with Crippen LogP contribution in [0.5, 0.6) is 11.5 Å². The van der Waals surface area contributed by atoms with Gasteiger partial charge in [-0.1, -0.05) is 37.1 Å². The summed E-state index contributed by atoms with van der Waals surface area (Å²) in [6.45, 7) is 4.80. The van der Waals surface area contributed by atoms with Crippen LogP contribution in [0.4, 0.5) is 0 Å². The second-order valence-corrected chi connectivity index (χ2v) is 8.72. The molecule has 1 aliphatic rings. The van der Waals surface area contributed by atoms with Crippen LogP contribution >= 0.6 is 0 Å². The molecule has 0 heterocycles. The lowest BCUT2D eigenvalue weighted by atomic mass is 10.1. The molecule has 1 amide bonds. The van der Waals surface area contributed by atoms with Gasteiger partial charge in [0, 0.05) is 19.6 Å². The van der Waals surface area contributed by atoms with E-state index in [2.05, 4.69) is 10.6 Å². The topological polar surface area (TPSA) is 89.1 Å². The van der Waals surface area contributed by atoms with Crippen molar-refractivity contribution in [1.82, 2.24) is 10.6 Å². The van der Waals surface area contributed by atoms with Gasteiger partial charge < -0.3 is 30.0 Å². The molecular formula is C27H38N2O5. The van der Waals surface area contributed by atoms with Crippen LogP contribution in [0.15, 0.2) is 48.5 Å². The number of aliphatic hydroxyl groups is 1. The Morgan fingerprint density at radius 1 is 1.00 bits per heavy atom. The summed E-state index contributed by atoms with van der Waals surface area (Å²) in [5.41, 5.74) is 2.15. The Morgan fingerprint density at radius 3 is 2.44 bits per heavy atom. The summed E-state index contributed by atoms with van der Waals surface area (Å²) in [6.07, 6.45) is 5.00. The van der Waals surface area contributed by atoms with Crippen molar-refractivity contribution >= 4 is 5.91 Å². The number of amides is 1. The van der Waals surface area contributed by atoms with Crippen molar-refractivity contribution in [3.63, 3.8) is 0 Å². The summed E-state index contributed by atoms with van der Waals surface area (Å²) in [5, 5.41) is 16.1. The molecule has 1 unspecified atom stereocenters. The summed E-state index contributed by atoms with van der Waals surface area (Å²) >= 11 is 0. The smallest absolute Gasteiger partial charge is 0.224 e. The van der Waals surface area contributed by atoms with Crippen LogP contribution < -0.4 is 20.1 Å². The molecule has 7 heteroatoms. The molecule has 1 aliphatic carbocycles. The number of nitrogens with one attached hydrogen (secondary N) is 2. The Morgan fingerprint density at radius 2 is 1.71 bits per heavy atom. The maximum atomic E-state index is 12.0. The predicted octanol–water partition coefficient (Wildman–Crippen LogP) is 3.02. The van der Waals surface area contributed by atoms with Crippen molar-refractivity contribution in [3.05, 3.63) is 59.7 Å². The number of carbonyl (C=O) groups excluding carboxylic acids is 1. The van der Waals surface area contributed by atoms with Crippen molar-refractivity contribution in [2.45, 2.75) is 51.2 Å². The van der Waals surface area contributed by atoms with Crippen molar-refractivity contribution < 1.29 is 24.1 Å². The minimum Gasteiger partial charge on any atom is -0.491 e. The molecule has 0 spiro atoms. The van der Waals surface area contributed by atoms with Crippen LogP contribution in [0.1, 0.15) is 36.8 Å². The summed E-state index contributed by atoms with van der Waals surface area (Å²) in [7, 11) is 0. The Labute approximate surface area is 202 Å². The number of hydrogen-bond acceptors (Lipinski definition) is 6. The van der Waals surface area contributed by atoms with E-state index in [1.165, 1.54) is 25.7 Å². The van der Waals surface area contributed by atoms with Crippen molar-refractivity contribution in [2.75, 3.05) is 39.5 Å². The molecule has 1 saturated carbocycles. The standard InChI is InChI=1S/C27H38N2O5/c1-21-6-2-3-7-22(21)18-27(31)29-15-14-28-19-23(30)20-34-26-12-10-25(11-13-26)33-17-16-32-24-8-4-5-9-24/h2-3,6-7,10-13,23-24,28,30H,4-5,8-9,14-20H2,1H3,(H,29,31). The molecule has 3 N–H and O–H groups in total. The number of hydrogen-bond donors (Lipinski definition) is 3. The minimum atomic E-state index is -0.647. The van der Waals surface area contributed by atoms with Crippen LogP contribution in [-0.2, 0) is 16.0 Å². The molecule has 2 aromatic rings. The molecule has 0 aliphatic heterocycles. The fraction of sp³-hybridized carbons (Fsp3) is 0.519. The second-order valence-electron chi connectivity index (χ2n) is 8.72. The molecule has 2 aromatic carbocycles. The molecule has 3 rings (SSSR count). The van der Waals surface area contributed by atoms with E-state index >= 15 is 0 Å². The van der Waals surface area contributed by atoms with Gasteiger partial charge in [-0.2, -0.15) is 0 Å². The second kappa shape index (κ2) is 14.6. The first kappa shape index (κ1) is 26.0. The SMILES string of the molecule is Cc1ccccc1CC(=O)NCCNCC(O)COc1ccc(OCCOC2CCCC2)cc1. The van der Waals surface area contributed by atoms with Crippen molar-refractivity contribution in [2.24, 2.45) is 0 Å². The highest BCUT2D eigenvalue weighted by Gasteiger charge is 2.14. The van der Waals surface area contributed by atoms with E-state index in [0.717, 1.165) is 16.9 Å². The molecule has 1 atom stereocenters. The van der Waals surface area contributed by atoms with E-state index in [0.29, 0.717) is 51.1 Å². The van der Waals surface area contributed by atoms with Crippen LogP contribution in [0.25, 0.3) is 0 Å². The Kier molecular flexibility index (Phi) is 11.2. The van der Waals surface area contributed by atoms with E-state index in [1.807, 2.05) is 55.5 Å². The van der Waals surface area contributed by atoms with E-state index in [4.69, 9.17) is 14.2 Å². The lowest BCUT2D eigenvalue weighted by Gasteiger charge is -2.14. The molecule has 0 bridgehead atoms. The van der Waals surface area contributed by atoms with Gasteiger partial charge in [-0.05, 0) is 55.2 Å². The van der Waals surface area contributed by atoms with Gasteiger partial charge >= 0.3 is 0 Å². The fourth-order valence-corrected chi connectivity index (χ4v) is 3.92. The van der Waals surface area contributed by atoms with Gasteiger partial charge in [0.1, 0.15) is 30.8 Å². The summed E-state index contributed by atoms with van der Waals surface area (Å²) < 4.78 is 17.2. The van der Waals surface area contributed by atoms with Gasteiger partial charge in [0.15, 0.2) is 0 Å². The zero-order valence-corrected chi connectivity index (χ0v) is 20.1. The fourth-order valence-electron chi connectivity index (χ4n) is 3.92. The molecule has 0 saturated heterocycles. The van der Waals surface area contributed by atoms with Gasteiger partial charge in [-0.3, -0.25) is 4.79 Å². The molecule has 0 aromatic heterocycles.